The summed E-state index contributed by atoms with van der Waals surface area (Å²) in [7, 11) is 0. The summed E-state index contributed by atoms with van der Waals surface area (Å²) < 4.78 is 0. The highest BCUT2D eigenvalue weighted by atomic mass is 16.2. The van der Waals surface area contributed by atoms with Gasteiger partial charge in [-0.15, -0.1) is 0 Å². The smallest absolute Gasteiger partial charge is 0.223 e. The molecule has 1 saturated carbocycles. The van der Waals surface area contributed by atoms with E-state index >= 15 is 0 Å². The van der Waals surface area contributed by atoms with Crippen molar-refractivity contribution in [3.05, 3.63) is 70.8 Å². The van der Waals surface area contributed by atoms with Crippen LogP contribution in [-0.4, -0.2) is 25.5 Å². The molecule has 3 heteroatoms. The quantitative estimate of drug-likeness (QED) is 0.861. The Morgan fingerprint density at radius 1 is 0.964 bits per heavy atom. The third-order valence-corrected chi connectivity index (χ3v) is 8.07. The fraction of sp³-hybridized carbons (Fsp3) is 0.480. The first-order valence-electron chi connectivity index (χ1n) is 10.9. The van der Waals surface area contributed by atoms with Crippen LogP contribution < -0.4 is 10.6 Å². The zero-order chi connectivity index (χ0) is 18.7. The molecule has 2 aromatic rings. The normalized spacial score (nSPS) is 31.1. The second-order valence-electron chi connectivity index (χ2n) is 9.40. The number of carbonyl (C=O) groups is 1. The van der Waals surface area contributed by atoms with Crippen LogP contribution in [0.4, 0.5) is 0 Å². The lowest BCUT2D eigenvalue weighted by Crippen LogP contribution is -2.40. The van der Waals surface area contributed by atoms with Crippen molar-refractivity contribution in [2.24, 2.45) is 17.3 Å². The number of piperidine rings is 1. The summed E-state index contributed by atoms with van der Waals surface area (Å²) in [6, 6.07) is 17.9. The van der Waals surface area contributed by atoms with E-state index in [0.29, 0.717) is 29.1 Å². The highest BCUT2D eigenvalue weighted by Crippen LogP contribution is 2.59. The Labute approximate surface area is 166 Å². The maximum Gasteiger partial charge on any atom is 0.223 e. The molecule has 0 radical (unpaired) electrons. The number of hydrogen-bond donors (Lipinski definition) is 2. The predicted octanol–water partition coefficient (Wildman–Crippen LogP) is 3.79. The number of rotatable bonds is 3. The molecule has 1 aliphatic heterocycles. The van der Waals surface area contributed by atoms with Crippen molar-refractivity contribution >= 4 is 5.91 Å². The van der Waals surface area contributed by atoms with Gasteiger partial charge in [0.2, 0.25) is 5.91 Å². The molecular formula is C25H28N2O. The van der Waals surface area contributed by atoms with Crippen LogP contribution in [0, 0.1) is 17.3 Å². The molecule has 2 atom stereocenters. The van der Waals surface area contributed by atoms with E-state index in [9.17, 15) is 4.79 Å². The van der Waals surface area contributed by atoms with Gasteiger partial charge in [0.25, 0.3) is 0 Å². The number of carbonyl (C=O) groups excluding carboxylic acids is 1. The van der Waals surface area contributed by atoms with Gasteiger partial charge in [0.1, 0.15) is 0 Å². The van der Waals surface area contributed by atoms with Gasteiger partial charge in [0.15, 0.2) is 0 Å². The molecule has 2 N–H and O–H groups in total. The topological polar surface area (TPSA) is 41.1 Å². The van der Waals surface area contributed by atoms with Crippen molar-refractivity contribution < 1.29 is 4.79 Å². The highest BCUT2D eigenvalue weighted by Gasteiger charge is 2.57. The van der Waals surface area contributed by atoms with Crippen LogP contribution in [0.1, 0.15) is 59.8 Å². The van der Waals surface area contributed by atoms with Crippen molar-refractivity contribution in [2.75, 3.05) is 19.6 Å². The van der Waals surface area contributed by atoms with E-state index in [0.717, 1.165) is 32.5 Å². The number of hydrogen-bond acceptors (Lipinski definition) is 2. The van der Waals surface area contributed by atoms with Crippen LogP contribution in [0.15, 0.2) is 48.5 Å². The molecule has 2 bridgehead atoms. The summed E-state index contributed by atoms with van der Waals surface area (Å²) >= 11 is 0. The van der Waals surface area contributed by atoms with Crippen molar-refractivity contribution in [3.63, 3.8) is 0 Å². The molecule has 4 aliphatic carbocycles. The molecule has 28 heavy (non-hydrogen) atoms. The van der Waals surface area contributed by atoms with Crippen LogP contribution in [0.2, 0.25) is 0 Å². The Kier molecular flexibility index (Phi) is 3.71. The summed E-state index contributed by atoms with van der Waals surface area (Å²) in [6.45, 7) is 2.96. The summed E-state index contributed by atoms with van der Waals surface area (Å²) in [5.74, 6) is 1.97. The second-order valence-corrected chi connectivity index (χ2v) is 9.40. The maximum atomic E-state index is 12.9. The predicted molar refractivity (Wildman–Crippen MR) is 110 cm³/mol. The molecule has 1 spiro atoms. The van der Waals surface area contributed by atoms with Gasteiger partial charge >= 0.3 is 0 Å². The number of nitrogens with one attached hydrogen (secondary N) is 2. The molecule has 2 aromatic carbocycles. The van der Waals surface area contributed by atoms with Crippen molar-refractivity contribution in [3.8, 4) is 0 Å². The van der Waals surface area contributed by atoms with Gasteiger partial charge < -0.3 is 10.6 Å². The Morgan fingerprint density at radius 3 is 2.21 bits per heavy atom. The second kappa shape index (κ2) is 6.18. The van der Waals surface area contributed by atoms with E-state index in [1.807, 2.05) is 0 Å². The molecule has 3 nitrogen and oxygen atoms in total. The van der Waals surface area contributed by atoms with Gasteiger partial charge in [-0.1, -0.05) is 48.5 Å². The fourth-order valence-corrected chi connectivity index (χ4v) is 6.51. The largest absolute Gasteiger partial charge is 0.356 e. The van der Waals surface area contributed by atoms with Gasteiger partial charge in [-0.2, -0.15) is 0 Å². The molecule has 144 valence electrons. The molecule has 5 aliphatic rings. The minimum absolute atomic E-state index is 0.259. The fourth-order valence-electron chi connectivity index (χ4n) is 6.51. The van der Waals surface area contributed by atoms with E-state index in [1.165, 1.54) is 35.1 Å². The summed E-state index contributed by atoms with van der Waals surface area (Å²) in [5.41, 5.74) is 6.30. The first-order valence-corrected chi connectivity index (χ1v) is 10.9. The van der Waals surface area contributed by atoms with E-state index in [4.69, 9.17) is 0 Å². The van der Waals surface area contributed by atoms with Gasteiger partial charge in [0, 0.05) is 24.3 Å². The lowest BCUT2D eigenvalue weighted by molar-refractivity contribution is -0.123. The Morgan fingerprint density at radius 2 is 1.57 bits per heavy atom. The number of amides is 1. The molecule has 2 fully saturated rings. The summed E-state index contributed by atoms with van der Waals surface area (Å²) in [4.78, 5) is 12.9. The average molecular weight is 373 g/mol. The zero-order valence-corrected chi connectivity index (χ0v) is 16.3. The first-order chi connectivity index (χ1) is 13.8. The van der Waals surface area contributed by atoms with E-state index in [-0.39, 0.29) is 5.92 Å². The zero-order valence-electron chi connectivity index (χ0n) is 16.3. The van der Waals surface area contributed by atoms with Crippen LogP contribution >= 0.6 is 0 Å². The monoisotopic (exact) mass is 372 g/mol. The molecular weight excluding hydrogens is 344 g/mol. The average Bonchev–Trinajstić information content (AvgIpc) is 3.45. The lowest BCUT2D eigenvalue weighted by Gasteiger charge is -2.45. The summed E-state index contributed by atoms with van der Waals surface area (Å²) in [6.07, 6.45) is 4.58. The Balaban J connectivity index is 1.22. The van der Waals surface area contributed by atoms with Crippen molar-refractivity contribution in [1.82, 2.24) is 10.6 Å². The molecule has 1 saturated heterocycles. The Bertz CT molecular complexity index is 882. The third kappa shape index (κ3) is 2.42. The van der Waals surface area contributed by atoms with Crippen molar-refractivity contribution in [2.45, 2.75) is 37.5 Å². The number of benzene rings is 2. The lowest BCUT2D eigenvalue weighted by atomic mass is 9.59. The van der Waals surface area contributed by atoms with Crippen LogP contribution in [0.3, 0.4) is 0 Å². The van der Waals surface area contributed by atoms with Crippen molar-refractivity contribution in [1.29, 1.82) is 0 Å². The molecule has 0 aromatic heterocycles. The van der Waals surface area contributed by atoms with Gasteiger partial charge in [-0.3, -0.25) is 4.79 Å². The maximum absolute atomic E-state index is 12.9. The van der Waals surface area contributed by atoms with Gasteiger partial charge in [0.05, 0.1) is 0 Å². The summed E-state index contributed by atoms with van der Waals surface area (Å²) in [5, 5.41) is 6.80. The molecule has 1 amide bonds. The van der Waals surface area contributed by atoms with Crippen LogP contribution in [0.5, 0.6) is 0 Å². The molecule has 2 unspecified atom stereocenters. The third-order valence-electron chi connectivity index (χ3n) is 8.07. The van der Waals surface area contributed by atoms with Crippen LogP contribution in [-0.2, 0) is 4.79 Å². The minimum Gasteiger partial charge on any atom is -0.356 e. The molecule has 1 heterocycles. The van der Waals surface area contributed by atoms with E-state index < -0.39 is 0 Å². The van der Waals surface area contributed by atoms with Gasteiger partial charge in [-0.25, -0.2) is 0 Å². The highest BCUT2D eigenvalue weighted by molar-refractivity contribution is 5.82. The van der Waals surface area contributed by atoms with E-state index in [1.54, 1.807) is 0 Å². The van der Waals surface area contributed by atoms with E-state index in [2.05, 4.69) is 59.2 Å². The van der Waals surface area contributed by atoms with Crippen LogP contribution in [0.25, 0.3) is 0 Å². The SMILES string of the molecule is O=C(NCC1CC2c3ccccc3C1c1ccccc12)C1CC12CCNCC2. The minimum atomic E-state index is 0.259. The Hall–Kier alpha value is -2.13. The number of fused-ring (bicyclic) bond motifs is 1. The molecule has 7 rings (SSSR count). The standard InChI is InChI=1S/C25H28N2O/c28-24(22-14-25(22)9-11-26-12-10-25)27-15-16-13-21-17-5-1-3-7-19(17)23(16)20-8-4-2-6-18(20)21/h1-8,16,21-23,26H,9-15H2,(H,27,28). The first kappa shape index (κ1) is 16.8. The van der Waals surface area contributed by atoms with Gasteiger partial charge in [-0.05, 0) is 72.4 Å².